The highest BCUT2D eigenvalue weighted by molar-refractivity contribution is 7.10. The van der Waals surface area contributed by atoms with Crippen molar-refractivity contribution >= 4 is 17.2 Å². The third-order valence-corrected chi connectivity index (χ3v) is 5.79. The summed E-state index contributed by atoms with van der Waals surface area (Å²) in [6.07, 6.45) is 8.92. The monoisotopic (exact) mass is 306 g/mol. The minimum Gasteiger partial charge on any atom is -0.340 e. The van der Waals surface area contributed by atoms with Crippen LogP contribution in [0.4, 0.5) is 0 Å². The molecule has 1 saturated carbocycles. The van der Waals surface area contributed by atoms with Crippen LogP contribution in [0.1, 0.15) is 43.4 Å². The summed E-state index contributed by atoms with van der Waals surface area (Å²) in [7, 11) is 0. The topological polar surface area (TPSA) is 23.6 Å². The summed E-state index contributed by atoms with van der Waals surface area (Å²) in [5, 5.41) is 2.05. The van der Waals surface area contributed by atoms with Gasteiger partial charge in [-0.15, -0.1) is 11.3 Å². The fourth-order valence-electron chi connectivity index (χ4n) is 3.63. The first kappa shape index (κ1) is 15.0. The van der Waals surface area contributed by atoms with Crippen LogP contribution >= 0.6 is 11.3 Å². The molecule has 0 radical (unpaired) electrons. The van der Waals surface area contributed by atoms with E-state index in [0.29, 0.717) is 12.3 Å². The first-order valence-electron chi connectivity index (χ1n) is 8.37. The molecule has 1 aromatic heterocycles. The van der Waals surface area contributed by atoms with Gasteiger partial charge >= 0.3 is 0 Å². The molecule has 3 nitrogen and oxygen atoms in total. The maximum absolute atomic E-state index is 12.3. The molecule has 1 aromatic rings. The van der Waals surface area contributed by atoms with Crippen molar-refractivity contribution in [3.63, 3.8) is 0 Å². The third kappa shape index (κ3) is 4.07. The van der Waals surface area contributed by atoms with E-state index in [-0.39, 0.29) is 0 Å². The van der Waals surface area contributed by atoms with Gasteiger partial charge in [0.1, 0.15) is 0 Å². The molecule has 0 atom stereocenters. The molecule has 0 bridgehead atoms. The molecule has 1 saturated heterocycles. The fraction of sp³-hybridized carbons (Fsp3) is 0.706. The van der Waals surface area contributed by atoms with Crippen LogP contribution in [0.2, 0.25) is 0 Å². The number of thiophene rings is 1. The lowest BCUT2D eigenvalue weighted by Crippen LogP contribution is -2.52. The Hall–Kier alpha value is -0.870. The zero-order chi connectivity index (χ0) is 14.5. The van der Waals surface area contributed by atoms with Crippen LogP contribution in [0.15, 0.2) is 17.5 Å². The van der Waals surface area contributed by atoms with Crippen LogP contribution in [-0.4, -0.2) is 47.9 Å². The maximum Gasteiger partial charge on any atom is 0.227 e. The Bertz CT molecular complexity index is 430. The summed E-state index contributed by atoms with van der Waals surface area (Å²) in [4.78, 5) is 18.2. The molecule has 1 amide bonds. The average Bonchev–Trinajstić information content (AvgIpc) is 2.87. The lowest BCUT2D eigenvalue weighted by molar-refractivity contribution is -0.132. The molecule has 3 rings (SSSR count). The first-order chi connectivity index (χ1) is 10.3. The van der Waals surface area contributed by atoms with E-state index in [9.17, 15) is 4.79 Å². The highest BCUT2D eigenvalue weighted by atomic mass is 32.1. The summed E-state index contributed by atoms with van der Waals surface area (Å²) in [5.41, 5.74) is 0. The number of nitrogens with zero attached hydrogens (tertiary/aromatic N) is 2. The molecule has 4 heteroatoms. The highest BCUT2D eigenvalue weighted by Crippen LogP contribution is 2.23. The van der Waals surface area contributed by atoms with Gasteiger partial charge in [-0.1, -0.05) is 31.7 Å². The van der Waals surface area contributed by atoms with Gasteiger partial charge in [0, 0.05) is 37.1 Å². The molecule has 2 fully saturated rings. The average molecular weight is 306 g/mol. The van der Waals surface area contributed by atoms with E-state index >= 15 is 0 Å². The molecule has 1 aliphatic heterocycles. The van der Waals surface area contributed by atoms with Crippen molar-refractivity contribution in [2.45, 2.75) is 51.0 Å². The highest BCUT2D eigenvalue weighted by Gasteiger charge is 2.26. The summed E-state index contributed by atoms with van der Waals surface area (Å²) < 4.78 is 0. The Labute approximate surface area is 131 Å². The Morgan fingerprint density at radius 3 is 2.43 bits per heavy atom. The molecule has 0 N–H and O–H groups in total. The van der Waals surface area contributed by atoms with Gasteiger partial charge < -0.3 is 4.90 Å². The summed E-state index contributed by atoms with van der Waals surface area (Å²) >= 11 is 1.68. The van der Waals surface area contributed by atoms with Crippen LogP contribution in [0, 0.1) is 0 Å². The summed E-state index contributed by atoms with van der Waals surface area (Å²) in [5.74, 6) is 0.304. The molecular weight excluding hydrogens is 280 g/mol. The van der Waals surface area contributed by atoms with Gasteiger partial charge in [0.2, 0.25) is 5.91 Å². The second-order valence-electron chi connectivity index (χ2n) is 6.32. The first-order valence-corrected chi connectivity index (χ1v) is 9.25. The van der Waals surface area contributed by atoms with Gasteiger partial charge in [0.15, 0.2) is 0 Å². The summed E-state index contributed by atoms with van der Waals surface area (Å²) in [6, 6.07) is 4.86. The van der Waals surface area contributed by atoms with Crippen LogP contribution in [0.3, 0.4) is 0 Å². The largest absolute Gasteiger partial charge is 0.340 e. The van der Waals surface area contributed by atoms with Crippen molar-refractivity contribution in [1.29, 1.82) is 0 Å². The van der Waals surface area contributed by atoms with Crippen molar-refractivity contribution < 1.29 is 4.79 Å². The lowest BCUT2D eigenvalue weighted by Gasteiger charge is -2.39. The van der Waals surface area contributed by atoms with Gasteiger partial charge in [0.25, 0.3) is 0 Å². The Kier molecular flexibility index (Phi) is 5.31. The van der Waals surface area contributed by atoms with E-state index in [0.717, 1.165) is 32.2 Å². The van der Waals surface area contributed by atoms with Gasteiger partial charge in [0.05, 0.1) is 6.42 Å². The van der Waals surface area contributed by atoms with Gasteiger partial charge in [-0.3, -0.25) is 9.69 Å². The Morgan fingerprint density at radius 2 is 1.81 bits per heavy atom. The van der Waals surface area contributed by atoms with Crippen molar-refractivity contribution in [1.82, 2.24) is 9.80 Å². The predicted molar refractivity (Wildman–Crippen MR) is 87.7 cm³/mol. The molecule has 1 aliphatic carbocycles. The van der Waals surface area contributed by atoms with Gasteiger partial charge in [-0.25, -0.2) is 0 Å². The third-order valence-electron chi connectivity index (χ3n) is 4.91. The van der Waals surface area contributed by atoms with Crippen molar-refractivity contribution in [3.8, 4) is 0 Å². The normalized spacial score (nSPS) is 22.2. The quantitative estimate of drug-likeness (QED) is 0.801. The molecule has 2 heterocycles. The van der Waals surface area contributed by atoms with E-state index in [2.05, 4.69) is 15.9 Å². The number of piperazine rings is 1. The fourth-order valence-corrected chi connectivity index (χ4v) is 4.33. The van der Waals surface area contributed by atoms with Crippen LogP contribution in [0.25, 0.3) is 0 Å². The summed E-state index contributed by atoms with van der Waals surface area (Å²) in [6.45, 7) is 3.98. The minimum atomic E-state index is 0.304. The van der Waals surface area contributed by atoms with Crippen molar-refractivity contribution in [3.05, 3.63) is 22.4 Å². The molecule has 0 spiro atoms. The Morgan fingerprint density at radius 1 is 1.10 bits per heavy atom. The number of hydrogen-bond acceptors (Lipinski definition) is 3. The van der Waals surface area contributed by atoms with Crippen LogP contribution < -0.4 is 0 Å². The number of carbonyl (C=O) groups excluding carboxylic acids is 1. The standard InChI is InChI=1S/C17H26N2OS/c20-17(14-16-8-5-13-21-16)19-11-9-18(10-12-19)15-6-3-1-2-4-7-15/h5,8,13,15H,1-4,6-7,9-12,14H2. The zero-order valence-corrected chi connectivity index (χ0v) is 13.6. The van der Waals surface area contributed by atoms with E-state index in [4.69, 9.17) is 0 Å². The second-order valence-corrected chi connectivity index (χ2v) is 7.35. The number of amides is 1. The predicted octanol–water partition coefficient (Wildman–Crippen LogP) is 3.16. The van der Waals surface area contributed by atoms with E-state index in [1.54, 1.807) is 11.3 Å². The van der Waals surface area contributed by atoms with Gasteiger partial charge in [-0.05, 0) is 24.3 Å². The smallest absolute Gasteiger partial charge is 0.227 e. The number of carbonyl (C=O) groups is 1. The molecular formula is C17H26N2OS. The zero-order valence-electron chi connectivity index (χ0n) is 12.8. The van der Waals surface area contributed by atoms with E-state index in [1.165, 1.54) is 43.4 Å². The molecule has 0 aromatic carbocycles. The SMILES string of the molecule is O=C(Cc1cccs1)N1CCN(C2CCCCCC2)CC1. The molecule has 2 aliphatic rings. The van der Waals surface area contributed by atoms with Crippen molar-refractivity contribution in [2.75, 3.05) is 26.2 Å². The second kappa shape index (κ2) is 7.41. The lowest BCUT2D eigenvalue weighted by atomic mass is 10.1. The number of hydrogen-bond donors (Lipinski definition) is 0. The van der Waals surface area contributed by atoms with E-state index in [1.807, 2.05) is 11.4 Å². The molecule has 21 heavy (non-hydrogen) atoms. The Balaban J connectivity index is 1.47. The number of rotatable bonds is 3. The van der Waals surface area contributed by atoms with Gasteiger partial charge in [-0.2, -0.15) is 0 Å². The van der Waals surface area contributed by atoms with E-state index < -0.39 is 0 Å². The van der Waals surface area contributed by atoms with Crippen LogP contribution in [-0.2, 0) is 11.2 Å². The maximum atomic E-state index is 12.3. The molecule has 116 valence electrons. The molecule has 0 unspecified atom stereocenters. The van der Waals surface area contributed by atoms with Crippen LogP contribution in [0.5, 0.6) is 0 Å². The minimum absolute atomic E-state index is 0.304. The van der Waals surface area contributed by atoms with Crippen molar-refractivity contribution in [2.24, 2.45) is 0 Å².